The number of carbonyl (C=O) groups is 2. The first kappa shape index (κ1) is 24.3. The molecule has 1 atom stereocenters. The van der Waals surface area contributed by atoms with Crippen molar-refractivity contribution < 1.29 is 27.0 Å². The maximum Gasteiger partial charge on any atom is 0.501 e. The van der Waals surface area contributed by atoms with Crippen molar-refractivity contribution in [1.82, 2.24) is 29.2 Å². The lowest BCUT2D eigenvalue weighted by atomic mass is 9.94. The number of fused-ring (bicyclic) bond motifs is 1. The van der Waals surface area contributed by atoms with Crippen molar-refractivity contribution in [3.05, 3.63) is 58.5 Å². The fourth-order valence-electron chi connectivity index (χ4n) is 4.50. The number of imide groups is 1. The van der Waals surface area contributed by atoms with E-state index in [-0.39, 0.29) is 18.0 Å². The zero-order valence-electron chi connectivity index (χ0n) is 20.2. The molecule has 0 radical (unpaired) electrons. The zero-order valence-corrected chi connectivity index (χ0v) is 21.0. The van der Waals surface area contributed by atoms with Crippen molar-refractivity contribution >= 4 is 27.7 Å². The number of aromatic nitrogens is 4. The predicted molar refractivity (Wildman–Crippen MR) is 127 cm³/mol. The minimum Gasteiger partial charge on any atom is -0.275 e. The number of amides is 3. The first-order valence-electron chi connectivity index (χ1n) is 11.5. The molecule has 2 aromatic rings. The molecule has 0 spiro atoms. The van der Waals surface area contributed by atoms with Crippen LogP contribution in [0.3, 0.4) is 0 Å². The number of nitrogens with one attached hydrogen (secondary N) is 1. The molecule has 0 bridgehead atoms. The van der Waals surface area contributed by atoms with E-state index in [2.05, 4.69) is 14.9 Å². The summed E-state index contributed by atoms with van der Waals surface area (Å²) in [5.74, 6) is -1.55. The minimum absolute atomic E-state index is 0.0148. The van der Waals surface area contributed by atoms with Gasteiger partial charge in [-0.05, 0) is 44.1 Å². The Morgan fingerprint density at radius 3 is 2.58 bits per heavy atom. The molecular formula is C23H27FN7O4S+. The fraction of sp³-hybridized carbons (Fsp3) is 0.435. The Labute approximate surface area is 207 Å². The lowest BCUT2D eigenvalue weighted by Gasteiger charge is -2.28. The average Bonchev–Trinajstić information content (AvgIpc) is 3.35. The van der Waals surface area contributed by atoms with Gasteiger partial charge in [-0.1, -0.05) is 0 Å². The highest BCUT2D eigenvalue weighted by Gasteiger charge is 2.50. The summed E-state index contributed by atoms with van der Waals surface area (Å²) in [6, 6.07) is 1.32. The van der Waals surface area contributed by atoms with Gasteiger partial charge < -0.3 is 0 Å². The standard InChI is InChI=1S/C23H27FN7O4S/c1-15-8-17(29(3)26-15)13-30-20-5-4-18(36(34,35)27-23(14-24)6-7-23)9-19(20)21(32)31(22(30)33)12-16-10-25-28(2)11-16/h4-5,8-11,19,27H,6-7,12-14H2,1-3H3/q+1. The molecule has 1 unspecified atom stereocenters. The Morgan fingerprint density at radius 1 is 1.25 bits per heavy atom. The van der Waals surface area contributed by atoms with Crippen molar-refractivity contribution in [2.45, 2.75) is 38.4 Å². The van der Waals surface area contributed by atoms with E-state index in [0.29, 0.717) is 24.1 Å². The molecule has 1 N–H and O–H groups in total. The van der Waals surface area contributed by atoms with Gasteiger partial charge in [0.15, 0.2) is 0 Å². The van der Waals surface area contributed by atoms with E-state index >= 15 is 0 Å². The summed E-state index contributed by atoms with van der Waals surface area (Å²) in [6.45, 7) is 1.17. The van der Waals surface area contributed by atoms with Crippen LogP contribution in [0.2, 0.25) is 0 Å². The van der Waals surface area contributed by atoms with Crippen molar-refractivity contribution in [2.24, 2.45) is 20.0 Å². The Balaban J connectivity index is 1.55. The van der Waals surface area contributed by atoms with Crippen molar-refractivity contribution in [3.63, 3.8) is 0 Å². The van der Waals surface area contributed by atoms with E-state index in [1.165, 1.54) is 22.8 Å². The number of rotatable bonds is 8. The normalized spacial score (nSPS) is 21.2. The summed E-state index contributed by atoms with van der Waals surface area (Å²) in [4.78, 5) is 28.1. The van der Waals surface area contributed by atoms with E-state index < -0.39 is 40.1 Å². The van der Waals surface area contributed by atoms with Gasteiger partial charge in [0.1, 0.15) is 31.4 Å². The maximum atomic E-state index is 13.6. The Hall–Kier alpha value is -3.45. The van der Waals surface area contributed by atoms with Gasteiger partial charge in [-0.25, -0.2) is 22.3 Å². The van der Waals surface area contributed by atoms with Crippen LogP contribution in [0.4, 0.5) is 9.18 Å². The third-order valence-electron chi connectivity index (χ3n) is 6.66. The van der Waals surface area contributed by atoms with E-state index in [1.807, 2.05) is 13.0 Å². The molecule has 0 aromatic carbocycles. The number of allylic oxidation sites excluding steroid dienone is 2. The number of sulfonamides is 1. The highest BCUT2D eigenvalue weighted by molar-refractivity contribution is 7.93. The Kier molecular flexibility index (Phi) is 5.79. The van der Waals surface area contributed by atoms with Gasteiger partial charge in [-0.2, -0.15) is 24.5 Å². The van der Waals surface area contributed by atoms with Crippen LogP contribution in [0, 0.1) is 12.8 Å². The van der Waals surface area contributed by atoms with E-state index in [1.54, 1.807) is 35.9 Å². The van der Waals surface area contributed by atoms with Crippen LogP contribution < -0.4 is 4.72 Å². The molecule has 2 aromatic heterocycles. The zero-order chi connectivity index (χ0) is 25.8. The van der Waals surface area contributed by atoms with Gasteiger partial charge in [-0.3, -0.25) is 9.36 Å². The van der Waals surface area contributed by atoms with Crippen LogP contribution in [0.15, 0.2) is 41.6 Å². The number of aryl methyl sites for hydroxylation is 3. The number of hydrogen-bond acceptors (Lipinski definition) is 6. The Bertz CT molecular complexity index is 1460. The molecule has 13 heteroatoms. The molecule has 11 nitrogen and oxygen atoms in total. The van der Waals surface area contributed by atoms with Crippen LogP contribution in [-0.2, 0) is 42.0 Å². The summed E-state index contributed by atoms with van der Waals surface area (Å²) in [7, 11) is -0.563. The molecule has 0 saturated heterocycles. The van der Waals surface area contributed by atoms with Crippen molar-refractivity contribution in [1.29, 1.82) is 0 Å². The first-order valence-corrected chi connectivity index (χ1v) is 13.0. The second kappa shape index (κ2) is 8.59. The molecule has 1 fully saturated rings. The lowest BCUT2D eigenvalue weighted by Crippen LogP contribution is -2.54. The fourth-order valence-corrected chi connectivity index (χ4v) is 6.01. The molecule has 36 heavy (non-hydrogen) atoms. The molecule has 2 aliphatic carbocycles. The molecule has 1 aliphatic heterocycles. The largest absolute Gasteiger partial charge is 0.501 e. The minimum atomic E-state index is -4.06. The monoisotopic (exact) mass is 516 g/mol. The van der Waals surface area contributed by atoms with E-state index in [0.717, 1.165) is 16.3 Å². The quantitative estimate of drug-likeness (QED) is 0.524. The molecule has 5 rings (SSSR count). The number of nitrogens with zero attached hydrogens (tertiary/aromatic N) is 6. The molecule has 3 amide bonds. The topological polar surface area (TPSA) is 122 Å². The van der Waals surface area contributed by atoms with Crippen LogP contribution in [0.5, 0.6) is 0 Å². The van der Waals surface area contributed by atoms with Crippen molar-refractivity contribution in [2.75, 3.05) is 6.67 Å². The van der Waals surface area contributed by atoms with Crippen molar-refractivity contribution in [3.8, 4) is 0 Å². The van der Waals surface area contributed by atoms with Gasteiger partial charge in [-0.15, -0.1) is 0 Å². The Morgan fingerprint density at radius 2 is 2.00 bits per heavy atom. The van der Waals surface area contributed by atoms with Crippen LogP contribution in [-0.4, -0.2) is 67.3 Å². The number of alkyl halides is 1. The summed E-state index contributed by atoms with van der Waals surface area (Å²) in [5, 5.41) is 8.44. The summed E-state index contributed by atoms with van der Waals surface area (Å²) < 4.78 is 46.5. The molecule has 1 saturated carbocycles. The lowest BCUT2D eigenvalue weighted by molar-refractivity contribution is -0.457. The first-order chi connectivity index (χ1) is 17.0. The smallest absolute Gasteiger partial charge is 0.275 e. The molecule has 3 heterocycles. The highest BCUT2D eigenvalue weighted by atomic mass is 32.2. The molecule has 3 aliphatic rings. The number of urea groups is 1. The highest BCUT2D eigenvalue weighted by Crippen LogP contribution is 2.38. The van der Waals surface area contributed by atoms with Gasteiger partial charge >= 0.3 is 11.9 Å². The van der Waals surface area contributed by atoms with Gasteiger partial charge in [0.2, 0.25) is 10.0 Å². The predicted octanol–water partition coefficient (Wildman–Crippen LogP) is 1.07. The third-order valence-corrected chi connectivity index (χ3v) is 8.26. The SMILES string of the molecule is Cc1cc(C[N+]2=C3C=CC(S(=O)(=O)NC4(CF)CC4)=CC3C(=O)N(Cc3cnn(C)c3)C2=O)n(C)n1. The average molecular weight is 517 g/mol. The van der Waals surface area contributed by atoms with Crippen LogP contribution >= 0.6 is 0 Å². The summed E-state index contributed by atoms with van der Waals surface area (Å²) in [6.07, 6.45) is 8.28. The third kappa shape index (κ3) is 4.32. The van der Waals surface area contributed by atoms with E-state index in [9.17, 15) is 22.4 Å². The van der Waals surface area contributed by atoms with E-state index in [4.69, 9.17) is 0 Å². The molecule has 190 valence electrons. The second-order valence-electron chi connectivity index (χ2n) is 9.54. The van der Waals surface area contributed by atoms with Crippen LogP contribution in [0.25, 0.3) is 0 Å². The number of halogens is 1. The van der Waals surface area contributed by atoms with Gasteiger partial charge in [0.25, 0.3) is 0 Å². The number of carbonyl (C=O) groups excluding carboxylic acids is 2. The van der Waals surface area contributed by atoms with Crippen LogP contribution in [0.1, 0.15) is 29.8 Å². The second-order valence-corrected chi connectivity index (χ2v) is 11.2. The molecular weight excluding hydrogens is 489 g/mol. The summed E-state index contributed by atoms with van der Waals surface area (Å²) >= 11 is 0. The number of hydrogen-bond donors (Lipinski definition) is 1. The maximum absolute atomic E-state index is 13.6. The summed E-state index contributed by atoms with van der Waals surface area (Å²) in [5.41, 5.74) is 1.49. The van der Waals surface area contributed by atoms with Gasteiger partial charge in [0, 0.05) is 25.9 Å². The van der Waals surface area contributed by atoms with Gasteiger partial charge in [0.05, 0.1) is 28.0 Å².